The highest BCUT2D eigenvalue weighted by Gasteiger charge is 2.18. The smallest absolute Gasteiger partial charge is 0.0541 e. The van der Waals surface area contributed by atoms with Crippen LogP contribution in [0.15, 0.2) is 164 Å². The van der Waals surface area contributed by atoms with Crippen LogP contribution in [0.25, 0.3) is 93.2 Å². The summed E-state index contributed by atoms with van der Waals surface area (Å²) in [7, 11) is 0. The highest BCUT2D eigenvalue weighted by atomic mass is 15.0. The van der Waals surface area contributed by atoms with Crippen molar-refractivity contribution in [2.45, 2.75) is 13.8 Å². The molecule has 0 aliphatic heterocycles. The molecule has 1 heteroatoms. The predicted octanol–water partition coefficient (Wildman–Crippen LogP) is 13.3. The number of rotatable bonds is 4. The number of hydrogen-bond donors (Lipinski definition) is 0. The molecule has 10 aromatic rings. The molecule has 0 unspecified atom stereocenters. The Morgan fingerprint density at radius 2 is 0.857 bits per heavy atom. The minimum Gasteiger partial charge on any atom is -0.309 e. The van der Waals surface area contributed by atoms with Crippen molar-refractivity contribution >= 4 is 54.1 Å². The number of aryl methyl sites for hydroxylation is 1. The summed E-state index contributed by atoms with van der Waals surface area (Å²) in [6, 6.07) is 60.5. The Morgan fingerprint density at radius 1 is 0.347 bits per heavy atom. The molecule has 0 fully saturated rings. The first-order valence-electron chi connectivity index (χ1n) is 17.1. The Kier molecular flexibility index (Phi) is 6.07. The van der Waals surface area contributed by atoms with Gasteiger partial charge in [-0.25, -0.2) is 0 Å². The summed E-state index contributed by atoms with van der Waals surface area (Å²) in [4.78, 5) is 0. The summed E-state index contributed by atoms with van der Waals surface area (Å²) in [6.45, 7) is 4.48. The van der Waals surface area contributed by atoms with E-state index in [-0.39, 0.29) is 0 Å². The topological polar surface area (TPSA) is 4.93 Å². The van der Waals surface area contributed by atoms with Gasteiger partial charge in [0.2, 0.25) is 0 Å². The third-order valence-corrected chi connectivity index (χ3v) is 10.7. The second kappa shape index (κ2) is 10.7. The lowest BCUT2D eigenvalue weighted by Gasteiger charge is -2.19. The van der Waals surface area contributed by atoms with Crippen LogP contribution in [0.3, 0.4) is 0 Å². The van der Waals surface area contributed by atoms with E-state index in [1.807, 2.05) is 0 Å². The zero-order valence-corrected chi connectivity index (χ0v) is 27.5. The second-order valence-electron chi connectivity index (χ2n) is 13.4. The molecular formula is C48H33N. The minimum absolute atomic E-state index is 1.17. The van der Waals surface area contributed by atoms with Crippen LogP contribution in [0, 0.1) is 13.8 Å². The van der Waals surface area contributed by atoms with E-state index in [4.69, 9.17) is 0 Å². The van der Waals surface area contributed by atoms with Crippen LogP contribution < -0.4 is 0 Å². The van der Waals surface area contributed by atoms with Crippen molar-refractivity contribution in [2.75, 3.05) is 0 Å². The molecule has 230 valence electrons. The Hall–Kier alpha value is -6.18. The van der Waals surface area contributed by atoms with Crippen LogP contribution in [0.1, 0.15) is 11.1 Å². The van der Waals surface area contributed by atoms with E-state index in [9.17, 15) is 0 Å². The van der Waals surface area contributed by atoms with Crippen molar-refractivity contribution in [1.82, 2.24) is 4.57 Å². The van der Waals surface area contributed by atoms with Gasteiger partial charge in [-0.15, -0.1) is 0 Å². The molecule has 0 radical (unpaired) electrons. The Labute approximate surface area is 285 Å². The molecule has 10 rings (SSSR count). The van der Waals surface area contributed by atoms with Gasteiger partial charge in [0.25, 0.3) is 0 Å². The molecule has 0 bridgehead atoms. The Morgan fingerprint density at radius 3 is 1.51 bits per heavy atom. The van der Waals surface area contributed by atoms with Gasteiger partial charge in [-0.3, -0.25) is 0 Å². The third kappa shape index (κ3) is 4.12. The highest BCUT2D eigenvalue weighted by Crippen LogP contribution is 2.44. The molecule has 0 saturated carbocycles. The van der Waals surface area contributed by atoms with Crippen LogP contribution in [0.2, 0.25) is 0 Å². The van der Waals surface area contributed by atoms with Gasteiger partial charge in [0, 0.05) is 16.5 Å². The molecule has 0 saturated heterocycles. The minimum atomic E-state index is 1.17. The lowest BCUT2D eigenvalue weighted by Crippen LogP contribution is -1.94. The van der Waals surface area contributed by atoms with Gasteiger partial charge < -0.3 is 4.57 Å². The van der Waals surface area contributed by atoms with E-state index < -0.39 is 0 Å². The lowest BCUT2D eigenvalue weighted by atomic mass is 9.85. The van der Waals surface area contributed by atoms with Crippen molar-refractivity contribution in [3.8, 4) is 39.1 Å². The van der Waals surface area contributed by atoms with E-state index in [1.165, 1.54) is 104 Å². The highest BCUT2D eigenvalue weighted by molar-refractivity contribution is 6.27. The predicted molar refractivity (Wildman–Crippen MR) is 210 cm³/mol. The van der Waals surface area contributed by atoms with Crippen LogP contribution in [-0.2, 0) is 0 Å². The maximum Gasteiger partial charge on any atom is 0.0541 e. The molecule has 1 nitrogen and oxygen atoms in total. The molecule has 0 spiro atoms. The van der Waals surface area contributed by atoms with Gasteiger partial charge in [-0.1, -0.05) is 140 Å². The van der Waals surface area contributed by atoms with Crippen LogP contribution in [-0.4, -0.2) is 4.57 Å². The molecule has 0 amide bonds. The fourth-order valence-electron chi connectivity index (χ4n) is 8.37. The average Bonchev–Trinajstić information content (AvgIpc) is 3.49. The Bertz CT molecular complexity index is 2830. The number of aromatic nitrogens is 1. The monoisotopic (exact) mass is 623 g/mol. The fraction of sp³-hybridized carbons (Fsp3) is 0.0417. The number of hydrogen-bond acceptors (Lipinski definition) is 0. The van der Waals surface area contributed by atoms with Crippen LogP contribution >= 0.6 is 0 Å². The van der Waals surface area contributed by atoms with Gasteiger partial charge in [0.05, 0.1) is 11.0 Å². The molecule has 1 aromatic heterocycles. The molecule has 0 N–H and O–H groups in total. The molecule has 49 heavy (non-hydrogen) atoms. The van der Waals surface area contributed by atoms with Crippen molar-refractivity contribution in [3.05, 3.63) is 175 Å². The van der Waals surface area contributed by atoms with E-state index in [1.54, 1.807) is 0 Å². The summed E-state index contributed by atoms with van der Waals surface area (Å²) in [6.07, 6.45) is 0. The van der Waals surface area contributed by atoms with Gasteiger partial charge in [-0.2, -0.15) is 0 Å². The van der Waals surface area contributed by atoms with E-state index in [2.05, 4.69) is 182 Å². The summed E-state index contributed by atoms with van der Waals surface area (Å²) >= 11 is 0. The SMILES string of the molecule is Cc1ccccc1-c1cccc(-c2ccc3ccc4c(-c5ccc(-n6c7ccccc7c7ccccc76)cc5)ccc5ccc2c3c54)c1C. The van der Waals surface area contributed by atoms with Crippen molar-refractivity contribution < 1.29 is 0 Å². The maximum atomic E-state index is 2.39. The van der Waals surface area contributed by atoms with Gasteiger partial charge in [-0.05, 0) is 115 Å². The number of para-hydroxylation sites is 2. The average molecular weight is 624 g/mol. The molecule has 0 aliphatic carbocycles. The van der Waals surface area contributed by atoms with E-state index in [0.717, 1.165) is 0 Å². The normalized spacial score (nSPS) is 11.9. The van der Waals surface area contributed by atoms with Crippen molar-refractivity contribution in [3.63, 3.8) is 0 Å². The quantitative estimate of drug-likeness (QED) is 0.172. The summed E-state index contributed by atoms with van der Waals surface area (Å²) in [5.74, 6) is 0. The van der Waals surface area contributed by atoms with Gasteiger partial charge >= 0.3 is 0 Å². The van der Waals surface area contributed by atoms with Gasteiger partial charge in [0.1, 0.15) is 0 Å². The van der Waals surface area contributed by atoms with Crippen LogP contribution in [0.4, 0.5) is 0 Å². The zero-order valence-electron chi connectivity index (χ0n) is 27.5. The number of fused-ring (bicyclic) bond motifs is 3. The summed E-state index contributed by atoms with van der Waals surface area (Å²) in [5.41, 5.74) is 13.9. The molecular weight excluding hydrogens is 591 g/mol. The second-order valence-corrected chi connectivity index (χ2v) is 13.4. The summed E-state index contributed by atoms with van der Waals surface area (Å²) in [5, 5.41) is 10.4. The van der Waals surface area contributed by atoms with E-state index in [0.29, 0.717) is 0 Å². The fourth-order valence-corrected chi connectivity index (χ4v) is 8.37. The molecule has 0 aliphatic rings. The zero-order chi connectivity index (χ0) is 32.6. The van der Waals surface area contributed by atoms with Crippen LogP contribution in [0.5, 0.6) is 0 Å². The Balaban J connectivity index is 1.13. The van der Waals surface area contributed by atoms with Gasteiger partial charge in [0.15, 0.2) is 0 Å². The first-order valence-corrected chi connectivity index (χ1v) is 17.1. The molecule has 0 atom stereocenters. The molecule has 9 aromatic carbocycles. The first-order chi connectivity index (χ1) is 24.2. The number of benzene rings is 9. The largest absolute Gasteiger partial charge is 0.309 e. The standard InChI is InChI=1S/C48H33N/c1-30-10-3-4-11-36(30)37-14-9-15-38(31(37)2)40-27-21-34-22-28-43-39(26-20-33-23-29-44(40)48(34)47(33)43)32-18-24-35(25-19-32)49-45-16-7-5-12-41(45)42-13-6-8-17-46(42)49/h3-29H,1-2H3. The lowest BCUT2D eigenvalue weighted by molar-refractivity contribution is 1.18. The molecule has 1 heterocycles. The summed E-state index contributed by atoms with van der Waals surface area (Å²) < 4.78 is 2.39. The maximum absolute atomic E-state index is 2.39. The number of nitrogens with zero attached hydrogens (tertiary/aromatic N) is 1. The third-order valence-electron chi connectivity index (χ3n) is 10.7. The first kappa shape index (κ1) is 27.9. The van der Waals surface area contributed by atoms with Crippen molar-refractivity contribution in [2.24, 2.45) is 0 Å². The van der Waals surface area contributed by atoms with E-state index >= 15 is 0 Å². The van der Waals surface area contributed by atoms with Crippen molar-refractivity contribution in [1.29, 1.82) is 0 Å².